The highest BCUT2D eigenvalue weighted by atomic mass is 16.5. The summed E-state index contributed by atoms with van der Waals surface area (Å²) in [5.41, 5.74) is 0. The summed E-state index contributed by atoms with van der Waals surface area (Å²) in [5.74, 6) is 0.942. The van der Waals surface area contributed by atoms with Gasteiger partial charge >= 0.3 is 5.88 Å². The second-order valence-corrected chi connectivity index (χ2v) is 2.26. The second kappa shape index (κ2) is 3.96. The fraction of sp³-hybridized carbons (Fsp3) is 0.444. The van der Waals surface area contributed by atoms with E-state index in [1.807, 2.05) is 31.3 Å². The van der Waals surface area contributed by atoms with Crippen molar-refractivity contribution in [3.8, 4) is 5.88 Å². The quantitative estimate of drug-likeness (QED) is 0.596. The van der Waals surface area contributed by atoms with Gasteiger partial charge in [0.05, 0.1) is 12.7 Å². The van der Waals surface area contributed by atoms with Gasteiger partial charge in [-0.1, -0.05) is 0 Å². The fourth-order valence-corrected chi connectivity index (χ4v) is 1.00. The summed E-state index contributed by atoms with van der Waals surface area (Å²) < 4.78 is 7.46. The van der Waals surface area contributed by atoms with Crippen molar-refractivity contribution in [1.29, 1.82) is 0 Å². The van der Waals surface area contributed by atoms with Gasteiger partial charge in [-0.3, -0.25) is 0 Å². The average molecular weight is 152 g/mol. The second-order valence-electron chi connectivity index (χ2n) is 2.26. The van der Waals surface area contributed by atoms with Crippen molar-refractivity contribution >= 4 is 0 Å². The van der Waals surface area contributed by atoms with Crippen molar-refractivity contribution < 1.29 is 9.30 Å². The fourth-order valence-electron chi connectivity index (χ4n) is 1.00. The summed E-state index contributed by atoms with van der Waals surface area (Å²) >= 11 is 0. The molecule has 0 aliphatic carbocycles. The lowest BCUT2D eigenvalue weighted by atomic mass is 10.4. The van der Waals surface area contributed by atoms with Crippen LogP contribution in [0.4, 0.5) is 0 Å². The Morgan fingerprint density at radius 3 is 2.82 bits per heavy atom. The number of aromatic nitrogens is 1. The summed E-state index contributed by atoms with van der Waals surface area (Å²) in [5, 5.41) is 0. The van der Waals surface area contributed by atoms with Gasteiger partial charge in [-0.25, -0.2) is 0 Å². The Morgan fingerprint density at radius 2 is 2.18 bits per heavy atom. The maximum Gasteiger partial charge on any atom is 0.367 e. The average Bonchev–Trinajstić information content (AvgIpc) is 2.06. The Bertz CT molecular complexity index is 223. The molecule has 1 rings (SSSR count). The first-order chi connectivity index (χ1) is 5.38. The molecule has 2 heteroatoms. The molecule has 1 heterocycles. The topological polar surface area (TPSA) is 13.1 Å². The van der Waals surface area contributed by atoms with E-state index in [4.69, 9.17) is 4.74 Å². The highest BCUT2D eigenvalue weighted by Crippen LogP contribution is 2.00. The minimum Gasteiger partial charge on any atom is -0.445 e. The van der Waals surface area contributed by atoms with E-state index in [-0.39, 0.29) is 0 Å². The molecule has 2 nitrogen and oxygen atoms in total. The molecule has 0 aromatic carbocycles. The first-order valence-electron chi connectivity index (χ1n) is 3.99. The molecule has 1 aromatic rings. The molecular formula is C9H14NO+. The van der Waals surface area contributed by atoms with Gasteiger partial charge in [0, 0.05) is 6.07 Å². The number of pyridine rings is 1. The first-order valence-corrected chi connectivity index (χ1v) is 3.99. The minimum absolute atomic E-state index is 0.726. The highest BCUT2D eigenvalue weighted by molar-refractivity contribution is 5.02. The molecule has 0 aliphatic heterocycles. The van der Waals surface area contributed by atoms with Gasteiger partial charge in [-0.05, 0) is 19.9 Å². The van der Waals surface area contributed by atoms with Crippen LogP contribution in [0.2, 0.25) is 0 Å². The van der Waals surface area contributed by atoms with Gasteiger partial charge in [-0.2, -0.15) is 4.57 Å². The molecule has 0 radical (unpaired) electrons. The highest BCUT2D eigenvalue weighted by Gasteiger charge is 2.05. The molecule has 0 fully saturated rings. The van der Waals surface area contributed by atoms with Crippen LogP contribution in [0.3, 0.4) is 0 Å². The smallest absolute Gasteiger partial charge is 0.367 e. The van der Waals surface area contributed by atoms with Crippen LogP contribution in [0, 0.1) is 0 Å². The van der Waals surface area contributed by atoms with Gasteiger partial charge in [0.15, 0.2) is 6.20 Å². The normalized spacial score (nSPS) is 9.64. The summed E-state index contributed by atoms with van der Waals surface area (Å²) in [7, 11) is 0. The third-order valence-electron chi connectivity index (χ3n) is 1.53. The Balaban J connectivity index is 2.83. The van der Waals surface area contributed by atoms with E-state index in [2.05, 4.69) is 11.5 Å². The molecule has 0 bridgehead atoms. The first kappa shape index (κ1) is 8.05. The minimum atomic E-state index is 0.726. The van der Waals surface area contributed by atoms with Crippen LogP contribution in [-0.2, 0) is 6.54 Å². The molecule has 1 aromatic heterocycles. The number of aryl methyl sites for hydroxylation is 1. The van der Waals surface area contributed by atoms with Crippen LogP contribution in [-0.4, -0.2) is 6.61 Å². The molecule has 0 saturated heterocycles. The van der Waals surface area contributed by atoms with Crippen molar-refractivity contribution in [1.82, 2.24) is 0 Å². The van der Waals surface area contributed by atoms with Gasteiger partial charge in [-0.15, -0.1) is 0 Å². The molecule has 0 spiro atoms. The summed E-state index contributed by atoms with van der Waals surface area (Å²) in [6.07, 6.45) is 2.02. The van der Waals surface area contributed by atoms with Crippen LogP contribution in [0.15, 0.2) is 24.4 Å². The van der Waals surface area contributed by atoms with Crippen molar-refractivity contribution in [2.75, 3.05) is 6.61 Å². The standard InChI is InChI=1S/C9H14NO/c1-3-10-8-6-5-7-9(10)11-4-2/h5-8H,3-4H2,1-2H3/q+1. The lowest BCUT2D eigenvalue weighted by Crippen LogP contribution is -2.33. The van der Waals surface area contributed by atoms with Crippen LogP contribution in [0.25, 0.3) is 0 Å². The molecule has 0 unspecified atom stereocenters. The van der Waals surface area contributed by atoms with Gasteiger partial charge in [0.25, 0.3) is 0 Å². The predicted octanol–water partition coefficient (Wildman–Crippen LogP) is 1.39. The Hall–Kier alpha value is -1.05. The van der Waals surface area contributed by atoms with E-state index in [9.17, 15) is 0 Å². The Morgan fingerprint density at radius 1 is 1.36 bits per heavy atom. The van der Waals surface area contributed by atoms with Gasteiger partial charge in [0.1, 0.15) is 6.54 Å². The maximum atomic E-state index is 5.39. The number of nitrogens with zero attached hydrogens (tertiary/aromatic N) is 1. The molecule has 0 saturated carbocycles. The molecule has 0 atom stereocenters. The van der Waals surface area contributed by atoms with E-state index in [1.165, 1.54) is 0 Å². The molecule has 0 N–H and O–H groups in total. The largest absolute Gasteiger partial charge is 0.445 e. The van der Waals surface area contributed by atoms with Gasteiger partial charge < -0.3 is 4.74 Å². The SMILES string of the molecule is CCOc1cccc[n+]1CC. The zero-order valence-electron chi connectivity index (χ0n) is 7.08. The van der Waals surface area contributed by atoms with Crippen molar-refractivity contribution in [3.05, 3.63) is 24.4 Å². The Kier molecular flexibility index (Phi) is 2.90. The molecule has 60 valence electrons. The van der Waals surface area contributed by atoms with E-state index in [0.29, 0.717) is 0 Å². The van der Waals surface area contributed by atoms with Crippen LogP contribution in [0.1, 0.15) is 13.8 Å². The van der Waals surface area contributed by atoms with E-state index < -0.39 is 0 Å². The third-order valence-corrected chi connectivity index (χ3v) is 1.53. The van der Waals surface area contributed by atoms with E-state index in [0.717, 1.165) is 19.0 Å². The zero-order chi connectivity index (χ0) is 8.10. The Labute approximate surface area is 67.4 Å². The van der Waals surface area contributed by atoms with E-state index in [1.54, 1.807) is 0 Å². The number of ether oxygens (including phenoxy) is 1. The molecule has 11 heavy (non-hydrogen) atoms. The van der Waals surface area contributed by atoms with Crippen molar-refractivity contribution in [2.24, 2.45) is 0 Å². The van der Waals surface area contributed by atoms with Crippen LogP contribution in [0.5, 0.6) is 5.88 Å². The van der Waals surface area contributed by atoms with Crippen LogP contribution >= 0.6 is 0 Å². The molecule has 0 aliphatic rings. The number of hydrogen-bond acceptors (Lipinski definition) is 1. The third kappa shape index (κ3) is 1.93. The summed E-state index contributed by atoms with van der Waals surface area (Å²) in [6, 6.07) is 5.97. The van der Waals surface area contributed by atoms with Crippen LogP contribution < -0.4 is 9.30 Å². The lowest BCUT2D eigenvalue weighted by Gasteiger charge is -2.00. The maximum absolute atomic E-state index is 5.39. The van der Waals surface area contributed by atoms with Gasteiger partial charge in [0.2, 0.25) is 0 Å². The van der Waals surface area contributed by atoms with Crippen molar-refractivity contribution in [3.63, 3.8) is 0 Å². The zero-order valence-corrected chi connectivity index (χ0v) is 7.08. The van der Waals surface area contributed by atoms with E-state index >= 15 is 0 Å². The lowest BCUT2D eigenvalue weighted by molar-refractivity contribution is -0.698. The number of rotatable bonds is 3. The monoisotopic (exact) mass is 152 g/mol. The molecule has 0 amide bonds. The summed E-state index contributed by atoms with van der Waals surface area (Å²) in [4.78, 5) is 0. The van der Waals surface area contributed by atoms with Crippen molar-refractivity contribution in [2.45, 2.75) is 20.4 Å². The molecular weight excluding hydrogens is 138 g/mol. The summed E-state index contributed by atoms with van der Waals surface area (Å²) in [6.45, 7) is 5.77. The predicted molar refractivity (Wildman–Crippen MR) is 43.5 cm³/mol. The number of hydrogen-bond donors (Lipinski definition) is 0.